The number of hydrogen-bond acceptors (Lipinski definition) is 9. The van der Waals surface area contributed by atoms with Gasteiger partial charge in [0.25, 0.3) is 11.8 Å². The number of amides is 2. The maximum atomic E-state index is 11.5. The molecular formula is C9H10N3NaO7S. The minimum atomic E-state index is -4.96. The second-order valence-corrected chi connectivity index (χ2v) is 6.15. The standard InChI is InChI=1S/C9H11N3O7S.Na/c1-9(10-11-9)3-2-7(14)19-12-6(13)4-5(8(12)15)20(16,17)18;/h5H,2-4H2,1H3,(H,16,17,18);/q;+1/p-1. The van der Waals surface area contributed by atoms with E-state index in [-0.39, 0.29) is 47.5 Å². The van der Waals surface area contributed by atoms with Crippen LogP contribution in [0.2, 0.25) is 0 Å². The number of rotatable bonds is 5. The van der Waals surface area contributed by atoms with Crippen LogP contribution in [0.15, 0.2) is 10.2 Å². The summed E-state index contributed by atoms with van der Waals surface area (Å²) in [5, 5.41) is 5.32. The van der Waals surface area contributed by atoms with Crippen LogP contribution in [0, 0.1) is 0 Å². The summed E-state index contributed by atoms with van der Waals surface area (Å²) in [6, 6.07) is 0. The number of nitrogens with zero attached hydrogens (tertiary/aromatic N) is 3. The van der Waals surface area contributed by atoms with Crippen molar-refractivity contribution >= 4 is 27.9 Å². The van der Waals surface area contributed by atoms with Gasteiger partial charge in [-0.2, -0.15) is 10.2 Å². The molecule has 0 aromatic heterocycles. The third-order valence-corrected chi connectivity index (χ3v) is 3.91. The Kier molecular flexibility index (Phi) is 5.26. The first-order valence-corrected chi connectivity index (χ1v) is 7.06. The van der Waals surface area contributed by atoms with Crippen LogP contribution in [0.5, 0.6) is 0 Å². The fraction of sp³-hybridized carbons (Fsp3) is 0.667. The molecule has 2 aliphatic rings. The molecule has 0 aromatic carbocycles. The van der Waals surface area contributed by atoms with Crippen LogP contribution in [-0.2, 0) is 29.3 Å². The zero-order chi connectivity index (χ0) is 15.1. The SMILES string of the molecule is CC1(CCC(=O)ON2C(=O)CC(S(=O)(=O)[O-])C2=O)N=N1.[Na+]. The molecule has 0 radical (unpaired) electrons. The van der Waals surface area contributed by atoms with Gasteiger partial charge in [0.05, 0.1) is 12.8 Å². The van der Waals surface area contributed by atoms with Crippen molar-refractivity contribution in [3.05, 3.63) is 0 Å². The van der Waals surface area contributed by atoms with Gasteiger partial charge >= 0.3 is 35.5 Å². The Bertz CT molecular complexity index is 611. The molecule has 10 nitrogen and oxygen atoms in total. The van der Waals surface area contributed by atoms with Crippen LogP contribution < -0.4 is 29.6 Å². The molecule has 0 spiro atoms. The zero-order valence-corrected chi connectivity index (χ0v) is 14.1. The minimum Gasteiger partial charge on any atom is -0.747 e. The number of hydroxylamine groups is 2. The van der Waals surface area contributed by atoms with Crippen LogP contribution in [-0.4, -0.2) is 46.7 Å². The fourth-order valence-electron chi connectivity index (χ4n) is 1.58. The summed E-state index contributed by atoms with van der Waals surface area (Å²) >= 11 is 0. The monoisotopic (exact) mass is 327 g/mol. The van der Waals surface area contributed by atoms with E-state index in [4.69, 9.17) is 0 Å². The average molecular weight is 327 g/mol. The smallest absolute Gasteiger partial charge is 0.747 e. The van der Waals surface area contributed by atoms with Crippen LogP contribution in [0.4, 0.5) is 0 Å². The van der Waals surface area contributed by atoms with Gasteiger partial charge in [-0.05, 0) is 6.92 Å². The maximum absolute atomic E-state index is 11.5. The predicted octanol–water partition coefficient (Wildman–Crippen LogP) is -3.92. The van der Waals surface area contributed by atoms with Crippen molar-refractivity contribution < 1.29 is 61.7 Å². The Labute approximate surface area is 141 Å². The van der Waals surface area contributed by atoms with E-state index >= 15 is 0 Å². The van der Waals surface area contributed by atoms with Crippen molar-refractivity contribution in [1.29, 1.82) is 0 Å². The quantitative estimate of drug-likeness (QED) is 0.285. The van der Waals surface area contributed by atoms with Crippen molar-refractivity contribution in [3.8, 4) is 0 Å². The van der Waals surface area contributed by atoms with Crippen molar-refractivity contribution in [2.45, 2.75) is 37.1 Å². The molecule has 0 aliphatic carbocycles. The van der Waals surface area contributed by atoms with Crippen molar-refractivity contribution in [3.63, 3.8) is 0 Å². The van der Waals surface area contributed by atoms with Gasteiger partial charge in [0.1, 0.15) is 15.4 Å². The van der Waals surface area contributed by atoms with Gasteiger partial charge in [-0.25, -0.2) is 13.2 Å². The van der Waals surface area contributed by atoms with Gasteiger partial charge < -0.3 is 9.39 Å². The molecule has 1 unspecified atom stereocenters. The third-order valence-electron chi connectivity index (χ3n) is 2.85. The number of carbonyl (C=O) groups is 3. The Morgan fingerprint density at radius 3 is 2.48 bits per heavy atom. The second kappa shape index (κ2) is 6.08. The average Bonchev–Trinajstić information content (AvgIpc) is 2.99. The molecular weight excluding hydrogens is 317 g/mol. The largest absolute Gasteiger partial charge is 1.00 e. The Hall–Kier alpha value is -0.880. The first kappa shape index (κ1) is 18.2. The maximum Gasteiger partial charge on any atom is 1.00 e. The molecule has 0 saturated carbocycles. The van der Waals surface area contributed by atoms with Crippen molar-refractivity contribution in [2.24, 2.45) is 10.2 Å². The van der Waals surface area contributed by atoms with E-state index < -0.39 is 45.2 Å². The molecule has 0 N–H and O–H groups in total. The van der Waals surface area contributed by atoms with Gasteiger partial charge in [0.15, 0.2) is 5.66 Å². The number of carbonyl (C=O) groups excluding carboxylic acids is 3. The number of hydrogen-bond donors (Lipinski definition) is 0. The van der Waals surface area contributed by atoms with Crippen molar-refractivity contribution in [2.75, 3.05) is 0 Å². The Balaban J connectivity index is 0.00000220. The summed E-state index contributed by atoms with van der Waals surface area (Å²) in [5.74, 6) is -3.29. The van der Waals surface area contributed by atoms with E-state index in [1.165, 1.54) is 0 Å². The van der Waals surface area contributed by atoms with E-state index in [2.05, 4.69) is 15.1 Å². The summed E-state index contributed by atoms with van der Waals surface area (Å²) in [5.41, 5.74) is -0.640. The molecule has 110 valence electrons. The molecule has 21 heavy (non-hydrogen) atoms. The first-order valence-electron chi connectivity index (χ1n) is 5.59. The van der Waals surface area contributed by atoms with E-state index in [0.29, 0.717) is 0 Å². The Morgan fingerprint density at radius 1 is 1.48 bits per heavy atom. The summed E-state index contributed by atoms with van der Waals surface area (Å²) in [4.78, 5) is 38.8. The molecule has 0 aromatic rings. The third kappa shape index (κ3) is 4.30. The molecule has 2 aliphatic heterocycles. The van der Waals surface area contributed by atoms with Gasteiger partial charge in [0.2, 0.25) is 0 Å². The van der Waals surface area contributed by atoms with E-state index in [9.17, 15) is 27.4 Å². The Morgan fingerprint density at radius 2 is 2.05 bits per heavy atom. The van der Waals surface area contributed by atoms with Crippen LogP contribution >= 0.6 is 0 Å². The van der Waals surface area contributed by atoms with E-state index in [1.54, 1.807) is 6.92 Å². The summed E-state index contributed by atoms with van der Waals surface area (Å²) < 4.78 is 32.3. The zero-order valence-electron chi connectivity index (χ0n) is 11.3. The molecule has 1 saturated heterocycles. The minimum absolute atomic E-state index is 0. The molecule has 0 bridgehead atoms. The van der Waals surface area contributed by atoms with E-state index in [0.717, 1.165) is 0 Å². The molecule has 12 heteroatoms. The molecule has 2 amide bonds. The van der Waals surface area contributed by atoms with Crippen LogP contribution in [0.3, 0.4) is 0 Å². The van der Waals surface area contributed by atoms with Crippen molar-refractivity contribution in [1.82, 2.24) is 5.06 Å². The molecule has 1 atom stereocenters. The first-order chi connectivity index (χ1) is 9.12. The van der Waals surface area contributed by atoms with Gasteiger partial charge in [-0.1, -0.05) is 0 Å². The fourth-order valence-corrected chi connectivity index (χ4v) is 2.27. The molecule has 2 heterocycles. The predicted molar refractivity (Wildman–Crippen MR) is 58.5 cm³/mol. The van der Waals surface area contributed by atoms with Gasteiger partial charge in [-0.15, -0.1) is 5.06 Å². The summed E-state index contributed by atoms with van der Waals surface area (Å²) in [6.07, 6.45) is -0.735. The summed E-state index contributed by atoms with van der Waals surface area (Å²) in [6.45, 7) is 1.67. The molecule has 1 fully saturated rings. The van der Waals surface area contributed by atoms with Crippen LogP contribution in [0.25, 0.3) is 0 Å². The topological polar surface area (TPSA) is 146 Å². The van der Waals surface area contributed by atoms with E-state index in [1.807, 2.05) is 0 Å². The number of imide groups is 1. The van der Waals surface area contributed by atoms with Gasteiger partial charge in [0, 0.05) is 6.42 Å². The summed E-state index contributed by atoms with van der Waals surface area (Å²) in [7, 11) is -4.96. The molecule has 2 rings (SSSR count). The van der Waals surface area contributed by atoms with Crippen LogP contribution in [0.1, 0.15) is 26.2 Å². The van der Waals surface area contributed by atoms with Gasteiger partial charge in [-0.3, -0.25) is 9.59 Å². The normalized spacial score (nSPS) is 23.0. The second-order valence-electron chi connectivity index (χ2n) is 4.59.